The molecule has 0 unspecified atom stereocenters. The van der Waals surface area contributed by atoms with Gasteiger partial charge in [0.15, 0.2) is 5.78 Å². The van der Waals surface area contributed by atoms with Gasteiger partial charge in [0.05, 0.1) is 23.1 Å². The van der Waals surface area contributed by atoms with E-state index in [1.807, 2.05) is 6.07 Å². The van der Waals surface area contributed by atoms with Gasteiger partial charge in [-0.1, -0.05) is 57.9 Å². The Morgan fingerprint density at radius 1 is 0.931 bits per heavy atom. The largest absolute Gasteiger partial charge is 0.336 e. The zero-order valence-electron chi connectivity index (χ0n) is 15.0. The first-order valence-electron chi connectivity index (χ1n) is 8.75. The van der Waals surface area contributed by atoms with E-state index in [1.54, 1.807) is 66.7 Å². The summed E-state index contributed by atoms with van der Waals surface area (Å²) in [5.41, 5.74) is 0.229. The Bertz CT molecular complexity index is 1340. The molecule has 1 heterocycles. The predicted molar refractivity (Wildman–Crippen MR) is 117 cm³/mol. The van der Waals surface area contributed by atoms with Crippen LogP contribution < -0.4 is 11.2 Å². The molecule has 0 saturated heterocycles. The summed E-state index contributed by atoms with van der Waals surface area (Å²) in [5.74, 6) is -0.224. The van der Waals surface area contributed by atoms with Crippen molar-refractivity contribution >= 4 is 44.2 Å². The number of hydrogen-bond donors (Lipinski definition) is 0. The third-order valence-electron chi connectivity index (χ3n) is 4.59. The number of ketones is 1. The number of nitrogens with zero attached hydrogens (tertiary/aromatic N) is 2. The van der Waals surface area contributed by atoms with Gasteiger partial charge in [0.25, 0.3) is 5.56 Å². The highest BCUT2D eigenvalue weighted by molar-refractivity contribution is 9.10. The number of aromatic nitrogens is 2. The van der Waals surface area contributed by atoms with Gasteiger partial charge in [0.2, 0.25) is 0 Å². The van der Waals surface area contributed by atoms with Gasteiger partial charge in [-0.2, -0.15) is 0 Å². The van der Waals surface area contributed by atoms with Crippen LogP contribution in [0.15, 0.2) is 86.9 Å². The minimum absolute atomic E-state index is 0.186. The molecule has 0 aliphatic rings. The van der Waals surface area contributed by atoms with E-state index >= 15 is 0 Å². The zero-order chi connectivity index (χ0) is 20.5. The van der Waals surface area contributed by atoms with E-state index < -0.39 is 11.2 Å². The van der Waals surface area contributed by atoms with Crippen LogP contribution in [0.3, 0.4) is 0 Å². The monoisotopic (exact) mass is 468 g/mol. The Morgan fingerprint density at radius 2 is 1.62 bits per heavy atom. The molecule has 144 valence electrons. The smallest absolute Gasteiger partial charge is 0.292 e. The average Bonchev–Trinajstić information content (AvgIpc) is 2.73. The molecule has 5 nitrogen and oxygen atoms in total. The van der Waals surface area contributed by atoms with Crippen LogP contribution >= 0.6 is 27.5 Å². The molecule has 0 spiro atoms. The molecule has 0 saturated carbocycles. The summed E-state index contributed by atoms with van der Waals surface area (Å²) < 4.78 is 3.08. The normalized spacial score (nSPS) is 11.0. The molecular weight excluding hydrogens is 456 g/mol. The molecule has 3 aromatic carbocycles. The van der Waals surface area contributed by atoms with Gasteiger partial charge in [0, 0.05) is 15.1 Å². The van der Waals surface area contributed by atoms with Crippen molar-refractivity contribution in [3.63, 3.8) is 0 Å². The fourth-order valence-corrected chi connectivity index (χ4v) is 3.66. The number of halogens is 2. The van der Waals surface area contributed by atoms with Crippen LogP contribution in [0.1, 0.15) is 10.4 Å². The summed E-state index contributed by atoms with van der Waals surface area (Å²) in [7, 11) is 0. The standard InChI is InChI=1S/C22H14BrClN2O3/c23-15-6-11-19-18(12-15)21(28)26(17-9-7-16(24)8-10-17)22(29)25(19)13-20(27)14-4-2-1-3-5-14/h1-12H,13H2. The van der Waals surface area contributed by atoms with Crippen molar-refractivity contribution in [1.29, 1.82) is 0 Å². The van der Waals surface area contributed by atoms with Crippen molar-refractivity contribution in [3.05, 3.63) is 109 Å². The average molecular weight is 470 g/mol. The van der Waals surface area contributed by atoms with Gasteiger partial charge < -0.3 is 0 Å². The second kappa shape index (κ2) is 7.81. The van der Waals surface area contributed by atoms with Crippen molar-refractivity contribution in [2.24, 2.45) is 0 Å². The Labute approximate surface area is 178 Å². The molecule has 29 heavy (non-hydrogen) atoms. The van der Waals surface area contributed by atoms with E-state index in [-0.39, 0.29) is 12.3 Å². The van der Waals surface area contributed by atoms with Gasteiger partial charge in [-0.05, 0) is 42.5 Å². The van der Waals surface area contributed by atoms with Crippen LogP contribution in [0.4, 0.5) is 0 Å². The second-order valence-electron chi connectivity index (χ2n) is 6.44. The Hall–Kier alpha value is -2.96. The summed E-state index contributed by atoms with van der Waals surface area (Å²) in [4.78, 5) is 39.2. The van der Waals surface area contributed by atoms with Gasteiger partial charge in [0.1, 0.15) is 0 Å². The molecule has 0 N–H and O–H groups in total. The summed E-state index contributed by atoms with van der Waals surface area (Å²) in [6, 6.07) is 20.2. The van der Waals surface area contributed by atoms with Gasteiger partial charge in [-0.3, -0.25) is 14.2 Å². The summed E-state index contributed by atoms with van der Waals surface area (Å²) in [6.07, 6.45) is 0. The predicted octanol–water partition coefficient (Wildman–Crippen LogP) is 4.45. The summed E-state index contributed by atoms with van der Waals surface area (Å²) >= 11 is 9.31. The number of fused-ring (bicyclic) bond motifs is 1. The number of carbonyl (C=O) groups excluding carboxylic acids is 1. The first kappa shape index (κ1) is 19.4. The van der Waals surface area contributed by atoms with E-state index in [1.165, 1.54) is 4.57 Å². The Balaban J connectivity index is 1.98. The van der Waals surface area contributed by atoms with Crippen molar-refractivity contribution < 1.29 is 4.79 Å². The minimum Gasteiger partial charge on any atom is -0.292 e. The second-order valence-corrected chi connectivity index (χ2v) is 7.79. The van der Waals surface area contributed by atoms with Gasteiger partial charge in [-0.15, -0.1) is 0 Å². The van der Waals surface area contributed by atoms with Crippen LogP contribution in [0.5, 0.6) is 0 Å². The molecule has 4 aromatic rings. The highest BCUT2D eigenvalue weighted by Crippen LogP contribution is 2.18. The molecule has 0 atom stereocenters. The minimum atomic E-state index is -0.587. The lowest BCUT2D eigenvalue weighted by molar-refractivity contribution is 0.0971. The third-order valence-corrected chi connectivity index (χ3v) is 5.33. The molecule has 0 bridgehead atoms. The van der Waals surface area contributed by atoms with E-state index in [0.717, 1.165) is 4.57 Å². The van der Waals surface area contributed by atoms with Gasteiger partial charge >= 0.3 is 5.69 Å². The molecule has 0 radical (unpaired) electrons. The molecule has 0 aliphatic heterocycles. The zero-order valence-corrected chi connectivity index (χ0v) is 17.4. The quantitative estimate of drug-likeness (QED) is 0.415. The molecule has 0 amide bonds. The van der Waals surface area contributed by atoms with Crippen molar-refractivity contribution in [2.45, 2.75) is 6.54 Å². The lowest BCUT2D eigenvalue weighted by Crippen LogP contribution is -2.40. The van der Waals surface area contributed by atoms with Crippen molar-refractivity contribution in [2.75, 3.05) is 0 Å². The SMILES string of the molecule is O=C(Cn1c(=O)n(-c2ccc(Cl)cc2)c(=O)c2cc(Br)ccc21)c1ccccc1. The number of hydrogen-bond acceptors (Lipinski definition) is 3. The number of carbonyl (C=O) groups is 1. The number of rotatable bonds is 4. The lowest BCUT2D eigenvalue weighted by atomic mass is 10.1. The van der Waals surface area contributed by atoms with Crippen molar-refractivity contribution in [1.82, 2.24) is 9.13 Å². The highest BCUT2D eigenvalue weighted by Gasteiger charge is 2.17. The van der Waals surface area contributed by atoms with Gasteiger partial charge in [-0.25, -0.2) is 9.36 Å². The molecule has 1 aromatic heterocycles. The topological polar surface area (TPSA) is 61.1 Å². The van der Waals surface area contributed by atoms with Crippen molar-refractivity contribution in [3.8, 4) is 5.69 Å². The first-order valence-corrected chi connectivity index (χ1v) is 9.92. The van der Waals surface area contributed by atoms with E-state index in [2.05, 4.69) is 15.9 Å². The van der Waals surface area contributed by atoms with E-state index in [9.17, 15) is 14.4 Å². The molecule has 7 heteroatoms. The molecule has 0 aliphatic carbocycles. The van der Waals surface area contributed by atoms with E-state index in [4.69, 9.17) is 11.6 Å². The summed E-state index contributed by atoms with van der Waals surface area (Å²) in [5, 5.41) is 0.819. The number of benzene rings is 3. The molecule has 0 fully saturated rings. The molecule has 4 rings (SSSR count). The maximum Gasteiger partial charge on any atom is 0.336 e. The maximum absolute atomic E-state index is 13.3. The van der Waals surface area contributed by atoms with Crippen LogP contribution in [0.25, 0.3) is 16.6 Å². The fourth-order valence-electron chi connectivity index (χ4n) is 3.18. The third kappa shape index (κ3) is 3.69. The van der Waals surface area contributed by atoms with Crippen LogP contribution in [-0.2, 0) is 6.54 Å². The highest BCUT2D eigenvalue weighted by atomic mass is 79.9. The Morgan fingerprint density at radius 3 is 2.31 bits per heavy atom. The lowest BCUT2D eigenvalue weighted by Gasteiger charge is -2.14. The maximum atomic E-state index is 13.3. The summed E-state index contributed by atoms with van der Waals surface area (Å²) in [6.45, 7) is -0.186. The first-order chi connectivity index (χ1) is 14.0. The van der Waals surface area contributed by atoms with Crippen LogP contribution in [-0.4, -0.2) is 14.9 Å². The molecular formula is C22H14BrClN2O3. The number of Topliss-reactive ketones (excluding diaryl/α,β-unsaturated/α-hetero) is 1. The Kier molecular flexibility index (Phi) is 5.22. The fraction of sp³-hybridized carbons (Fsp3) is 0.0455. The van der Waals surface area contributed by atoms with Crippen LogP contribution in [0.2, 0.25) is 5.02 Å². The van der Waals surface area contributed by atoms with E-state index in [0.29, 0.717) is 31.6 Å². The van der Waals surface area contributed by atoms with Crippen LogP contribution in [0, 0.1) is 0 Å².